The van der Waals surface area contributed by atoms with E-state index in [2.05, 4.69) is 10.3 Å². The number of hydrogen-bond acceptors (Lipinski definition) is 4. The minimum Gasteiger partial charge on any atom is -0.466 e. The van der Waals surface area contributed by atoms with E-state index < -0.39 is 12.2 Å². The molecule has 0 spiro atoms. The number of aromatic nitrogens is 1. The molecule has 0 bridgehead atoms. The molecule has 6 nitrogen and oxygen atoms in total. The number of esters is 1. The Morgan fingerprint density at radius 1 is 0.850 bits per heavy atom. The molecule has 1 heterocycles. The van der Waals surface area contributed by atoms with Gasteiger partial charge < -0.3 is 14.5 Å². The lowest BCUT2D eigenvalue weighted by molar-refractivity contribution is -0.142. The van der Waals surface area contributed by atoms with Crippen LogP contribution < -0.4 is 5.32 Å². The number of benzene rings is 4. The minimum atomic E-state index is -0.571. The van der Waals surface area contributed by atoms with Gasteiger partial charge in [0.1, 0.15) is 6.10 Å². The Bertz CT molecular complexity index is 1640. The van der Waals surface area contributed by atoms with Crippen LogP contribution in [0.15, 0.2) is 97.1 Å². The van der Waals surface area contributed by atoms with Gasteiger partial charge in [0.25, 0.3) is 0 Å². The van der Waals surface area contributed by atoms with Crippen molar-refractivity contribution in [3.8, 4) is 22.4 Å². The third-order valence-electron chi connectivity index (χ3n) is 6.67. The van der Waals surface area contributed by atoms with E-state index >= 15 is 0 Å². The van der Waals surface area contributed by atoms with Crippen LogP contribution in [0.1, 0.15) is 31.1 Å². The van der Waals surface area contributed by atoms with Gasteiger partial charge in [-0.15, -0.1) is 0 Å². The molecule has 7 heteroatoms. The molecule has 202 valence electrons. The molecule has 0 fully saturated rings. The first-order valence-electron chi connectivity index (χ1n) is 13.1. The Morgan fingerprint density at radius 3 is 2.17 bits per heavy atom. The normalized spacial score (nSPS) is 11.7. The summed E-state index contributed by atoms with van der Waals surface area (Å²) in [4.78, 5) is 28.2. The lowest BCUT2D eigenvalue weighted by atomic mass is 10.0. The summed E-state index contributed by atoms with van der Waals surface area (Å²) < 4.78 is 10.7. The SMILES string of the molecule is CCOC(=O)Cc1ccc(-c2ccc(-c3[nH]c4ccccc4c3NC(=O)OC(C)c3ccccc3Cl)cc2)cc1. The standard InChI is InChI=1S/C33H29ClN2O4/c1-3-39-30(37)20-22-12-14-23(15-13-22)24-16-18-25(19-17-24)31-32(27-9-5-7-11-29(27)35-31)36-33(38)40-21(2)26-8-4-6-10-28(26)34/h4-19,21,35H,3,20H2,1-2H3,(H,36,38). The highest BCUT2D eigenvalue weighted by molar-refractivity contribution is 6.31. The molecular formula is C33H29ClN2O4. The molecule has 40 heavy (non-hydrogen) atoms. The van der Waals surface area contributed by atoms with E-state index in [0.717, 1.165) is 44.4 Å². The number of H-pyrrole nitrogens is 1. The molecule has 1 unspecified atom stereocenters. The summed E-state index contributed by atoms with van der Waals surface area (Å²) in [7, 11) is 0. The van der Waals surface area contributed by atoms with Gasteiger partial charge >= 0.3 is 12.1 Å². The Kier molecular flexibility index (Phi) is 8.18. The van der Waals surface area contributed by atoms with E-state index in [0.29, 0.717) is 17.3 Å². The van der Waals surface area contributed by atoms with Crippen LogP contribution in [0.25, 0.3) is 33.3 Å². The van der Waals surface area contributed by atoms with E-state index in [4.69, 9.17) is 21.1 Å². The van der Waals surface area contributed by atoms with Crippen LogP contribution in [-0.4, -0.2) is 23.7 Å². The number of rotatable bonds is 8. The Morgan fingerprint density at radius 2 is 1.48 bits per heavy atom. The van der Waals surface area contributed by atoms with Gasteiger partial charge in [-0.05, 0) is 42.7 Å². The molecule has 4 aromatic carbocycles. The summed E-state index contributed by atoms with van der Waals surface area (Å²) in [5.74, 6) is -0.232. The number of amides is 1. The molecule has 0 aliphatic heterocycles. The highest BCUT2D eigenvalue weighted by atomic mass is 35.5. The average Bonchev–Trinajstić information content (AvgIpc) is 3.32. The van der Waals surface area contributed by atoms with Crippen LogP contribution in [0.5, 0.6) is 0 Å². The maximum Gasteiger partial charge on any atom is 0.412 e. The van der Waals surface area contributed by atoms with Crippen LogP contribution in [-0.2, 0) is 20.7 Å². The smallest absolute Gasteiger partial charge is 0.412 e. The first-order valence-corrected chi connectivity index (χ1v) is 13.5. The van der Waals surface area contributed by atoms with Gasteiger partial charge in [0, 0.05) is 27.1 Å². The van der Waals surface area contributed by atoms with Crippen LogP contribution in [0, 0.1) is 0 Å². The van der Waals surface area contributed by atoms with Crippen molar-refractivity contribution in [3.05, 3.63) is 113 Å². The van der Waals surface area contributed by atoms with Gasteiger partial charge in [-0.25, -0.2) is 4.79 Å². The molecule has 0 saturated heterocycles. The molecule has 0 saturated carbocycles. The number of aromatic amines is 1. The minimum absolute atomic E-state index is 0.232. The van der Waals surface area contributed by atoms with E-state index in [1.54, 1.807) is 19.9 Å². The van der Waals surface area contributed by atoms with Crippen molar-refractivity contribution >= 4 is 40.3 Å². The van der Waals surface area contributed by atoms with Gasteiger partial charge in [-0.3, -0.25) is 10.1 Å². The van der Waals surface area contributed by atoms with Crippen molar-refractivity contribution in [2.75, 3.05) is 11.9 Å². The molecule has 1 amide bonds. The summed E-state index contributed by atoms with van der Waals surface area (Å²) in [5, 5.41) is 4.38. The van der Waals surface area contributed by atoms with Crippen LogP contribution in [0.2, 0.25) is 5.02 Å². The summed E-state index contributed by atoms with van der Waals surface area (Å²) in [6.45, 7) is 3.97. The third kappa shape index (κ3) is 6.03. The van der Waals surface area contributed by atoms with Crippen molar-refractivity contribution in [1.29, 1.82) is 0 Å². The lowest BCUT2D eigenvalue weighted by Crippen LogP contribution is -2.16. The first kappa shape index (κ1) is 27.0. The monoisotopic (exact) mass is 552 g/mol. The second-order valence-corrected chi connectivity index (χ2v) is 9.78. The zero-order chi connectivity index (χ0) is 28.1. The second kappa shape index (κ2) is 12.1. The number of halogens is 1. The zero-order valence-electron chi connectivity index (χ0n) is 22.2. The summed E-state index contributed by atoms with van der Waals surface area (Å²) in [6, 6.07) is 31.0. The summed E-state index contributed by atoms with van der Waals surface area (Å²) in [5.41, 5.74) is 6.94. The Balaban J connectivity index is 1.37. The van der Waals surface area contributed by atoms with E-state index in [9.17, 15) is 9.59 Å². The molecule has 0 aliphatic carbocycles. The fourth-order valence-electron chi connectivity index (χ4n) is 4.67. The van der Waals surface area contributed by atoms with Crippen LogP contribution >= 0.6 is 11.6 Å². The molecule has 1 atom stereocenters. The van der Waals surface area contributed by atoms with Crippen LogP contribution in [0.3, 0.4) is 0 Å². The maximum atomic E-state index is 13.0. The van der Waals surface area contributed by atoms with Crippen molar-refractivity contribution in [2.24, 2.45) is 0 Å². The van der Waals surface area contributed by atoms with Crippen molar-refractivity contribution in [1.82, 2.24) is 4.98 Å². The van der Waals surface area contributed by atoms with E-state index in [1.807, 2.05) is 91.0 Å². The van der Waals surface area contributed by atoms with Gasteiger partial charge in [0.15, 0.2) is 0 Å². The van der Waals surface area contributed by atoms with E-state index in [1.165, 1.54) is 0 Å². The number of carbonyl (C=O) groups excluding carboxylic acids is 2. The number of para-hydroxylation sites is 1. The summed E-state index contributed by atoms with van der Waals surface area (Å²) in [6.07, 6.45) is -0.841. The molecular weight excluding hydrogens is 524 g/mol. The molecule has 2 N–H and O–H groups in total. The molecule has 0 aliphatic rings. The number of anilines is 1. The number of fused-ring (bicyclic) bond motifs is 1. The quantitative estimate of drug-likeness (QED) is 0.189. The highest BCUT2D eigenvalue weighted by Gasteiger charge is 2.19. The topological polar surface area (TPSA) is 80.4 Å². The van der Waals surface area contributed by atoms with E-state index in [-0.39, 0.29) is 12.4 Å². The Labute approximate surface area is 237 Å². The molecule has 5 rings (SSSR count). The fraction of sp³-hybridized carbons (Fsp3) is 0.152. The third-order valence-corrected chi connectivity index (χ3v) is 7.02. The Hall–Kier alpha value is -4.55. The molecule has 0 radical (unpaired) electrons. The fourth-order valence-corrected chi connectivity index (χ4v) is 4.96. The summed E-state index contributed by atoms with van der Waals surface area (Å²) >= 11 is 6.29. The molecule has 5 aromatic rings. The van der Waals surface area contributed by atoms with Gasteiger partial charge in [0.05, 0.1) is 24.4 Å². The van der Waals surface area contributed by atoms with Crippen molar-refractivity contribution in [2.45, 2.75) is 26.4 Å². The lowest BCUT2D eigenvalue weighted by Gasteiger charge is -2.16. The average molecular weight is 553 g/mol. The number of ether oxygens (including phenoxy) is 2. The first-order chi connectivity index (χ1) is 19.4. The van der Waals surface area contributed by atoms with Gasteiger partial charge in [-0.1, -0.05) is 96.5 Å². The molecule has 1 aromatic heterocycles. The van der Waals surface area contributed by atoms with Crippen molar-refractivity contribution < 1.29 is 19.1 Å². The van der Waals surface area contributed by atoms with Crippen molar-refractivity contribution in [3.63, 3.8) is 0 Å². The predicted octanol–water partition coefficient (Wildman–Crippen LogP) is 8.57. The number of nitrogens with one attached hydrogen (secondary N) is 2. The van der Waals surface area contributed by atoms with Gasteiger partial charge in [-0.2, -0.15) is 0 Å². The van der Waals surface area contributed by atoms with Crippen LogP contribution in [0.4, 0.5) is 10.5 Å². The predicted molar refractivity (Wildman–Crippen MR) is 159 cm³/mol. The van der Waals surface area contributed by atoms with Gasteiger partial charge in [0.2, 0.25) is 0 Å². The largest absolute Gasteiger partial charge is 0.466 e. The zero-order valence-corrected chi connectivity index (χ0v) is 23.0. The number of carbonyl (C=O) groups is 2. The maximum absolute atomic E-state index is 13.0. The highest BCUT2D eigenvalue weighted by Crippen LogP contribution is 2.36. The number of hydrogen-bond donors (Lipinski definition) is 2. The second-order valence-electron chi connectivity index (χ2n) is 9.37.